The van der Waals surface area contributed by atoms with Gasteiger partial charge in [-0.1, -0.05) is 0 Å². The average molecular weight is 144 g/mol. The van der Waals surface area contributed by atoms with Crippen molar-refractivity contribution in [3.63, 3.8) is 0 Å². The standard InChI is InChI=1S/C6H12N2O2/c9-6(10)5-3-1-2-4-7-8-5/h5,7-8H,1-4H2,(H,9,10). The Labute approximate surface area is 59.6 Å². The summed E-state index contributed by atoms with van der Waals surface area (Å²) in [7, 11) is 0. The lowest BCUT2D eigenvalue weighted by Crippen LogP contribution is -2.43. The number of aliphatic carboxylic acids is 1. The number of carboxylic acid groups (broad SMARTS) is 1. The van der Waals surface area contributed by atoms with Crippen LogP contribution in [-0.4, -0.2) is 23.7 Å². The maximum Gasteiger partial charge on any atom is 0.322 e. The second-order valence-electron chi connectivity index (χ2n) is 2.46. The van der Waals surface area contributed by atoms with Crippen LogP contribution >= 0.6 is 0 Å². The van der Waals surface area contributed by atoms with Gasteiger partial charge in [-0.2, -0.15) is 0 Å². The van der Waals surface area contributed by atoms with E-state index in [1.165, 1.54) is 0 Å². The van der Waals surface area contributed by atoms with E-state index in [0.717, 1.165) is 25.8 Å². The van der Waals surface area contributed by atoms with Crippen molar-refractivity contribution in [3.8, 4) is 0 Å². The maximum absolute atomic E-state index is 10.4. The molecule has 1 unspecified atom stereocenters. The fourth-order valence-corrected chi connectivity index (χ4v) is 1.01. The lowest BCUT2D eigenvalue weighted by Gasteiger charge is -2.09. The third-order valence-electron chi connectivity index (χ3n) is 1.62. The van der Waals surface area contributed by atoms with Gasteiger partial charge in [-0.25, -0.2) is 5.43 Å². The van der Waals surface area contributed by atoms with E-state index in [1.54, 1.807) is 0 Å². The van der Waals surface area contributed by atoms with Crippen molar-refractivity contribution in [3.05, 3.63) is 0 Å². The summed E-state index contributed by atoms with van der Waals surface area (Å²) in [5.74, 6) is -0.769. The van der Waals surface area contributed by atoms with Crippen LogP contribution in [0, 0.1) is 0 Å². The third-order valence-corrected chi connectivity index (χ3v) is 1.62. The van der Waals surface area contributed by atoms with Crippen LogP contribution in [0.2, 0.25) is 0 Å². The van der Waals surface area contributed by atoms with Crippen LogP contribution in [0.15, 0.2) is 0 Å². The van der Waals surface area contributed by atoms with Gasteiger partial charge in [0.1, 0.15) is 6.04 Å². The summed E-state index contributed by atoms with van der Waals surface area (Å²) >= 11 is 0. The molecule has 1 atom stereocenters. The van der Waals surface area contributed by atoms with E-state index >= 15 is 0 Å². The Kier molecular flexibility index (Phi) is 2.65. The largest absolute Gasteiger partial charge is 0.480 e. The van der Waals surface area contributed by atoms with Crippen LogP contribution in [-0.2, 0) is 4.79 Å². The highest BCUT2D eigenvalue weighted by Gasteiger charge is 2.17. The summed E-state index contributed by atoms with van der Waals surface area (Å²) in [5, 5.41) is 8.56. The highest BCUT2D eigenvalue weighted by Crippen LogP contribution is 2.02. The molecule has 58 valence electrons. The molecule has 1 aliphatic rings. The number of carboxylic acids is 1. The molecule has 1 fully saturated rings. The first-order chi connectivity index (χ1) is 4.80. The number of rotatable bonds is 1. The summed E-state index contributed by atoms with van der Waals surface area (Å²) in [5.41, 5.74) is 5.58. The SMILES string of the molecule is O=C(O)C1CCCCNN1. The van der Waals surface area contributed by atoms with Crippen molar-refractivity contribution < 1.29 is 9.90 Å². The second-order valence-corrected chi connectivity index (χ2v) is 2.46. The number of hydrogen-bond donors (Lipinski definition) is 3. The maximum atomic E-state index is 10.4. The number of hydrogen-bond acceptors (Lipinski definition) is 3. The monoisotopic (exact) mass is 144 g/mol. The second kappa shape index (κ2) is 3.53. The first-order valence-electron chi connectivity index (χ1n) is 3.52. The smallest absolute Gasteiger partial charge is 0.322 e. The predicted octanol–water partition coefficient (Wildman–Crippen LogP) is -0.282. The van der Waals surface area contributed by atoms with Crippen LogP contribution in [0.3, 0.4) is 0 Å². The zero-order valence-corrected chi connectivity index (χ0v) is 5.76. The van der Waals surface area contributed by atoms with Gasteiger partial charge < -0.3 is 5.11 Å². The van der Waals surface area contributed by atoms with Gasteiger partial charge in [-0.15, -0.1) is 0 Å². The van der Waals surface area contributed by atoms with E-state index in [0.29, 0.717) is 0 Å². The van der Waals surface area contributed by atoms with Crippen LogP contribution in [0.4, 0.5) is 0 Å². The molecule has 0 aliphatic carbocycles. The van der Waals surface area contributed by atoms with E-state index in [2.05, 4.69) is 10.9 Å². The van der Waals surface area contributed by atoms with Gasteiger partial charge in [0.05, 0.1) is 0 Å². The molecule has 0 bridgehead atoms. The molecule has 1 aliphatic heterocycles. The molecule has 4 nitrogen and oxygen atoms in total. The van der Waals surface area contributed by atoms with Crippen molar-refractivity contribution in [1.29, 1.82) is 0 Å². The van der Waals surface area contributed by atoms with Crippen molar-refractivity contribution in [1.82, 2.24) is 10.9 Å². The van der Waals surface area contributed by atoms with Gasteiger partial charge in [0.15, 0.2) is 0 Å². The molecule has 0 radical (unpaired) electrons. The molecular weight excluding hydrogens is 132 g/mol. The van der Waals surface area contributed by atoms with Crippen LogP contribution in [0.1, 0.15) is 19.3 Å². The molecule has 4 heteroatoms. The van der Waals surface area contributed by atoms with Gasteiger partial charge in [-0.05, 0) is 19.3 Å². The quantitative estimate of drug-likeness (QED) is 0.473. The normalized spacial score (nSPS) is 27.4. The Morgan fingerprint density at radius 2 is 2.30 bits per heavy atom. The number of hydrazine groups is 1. The molecule has 1 saturated heterocycles. The highest BCUT2D eigenvalue weighted by molar-refractivity contribution is 5.73. The minimum absolute atomic E-state index is 0.400. The summed E-state index contributed by atoms with van der Waals surface area (Å²) in [4.78, 5) is 10.4. The Balaban J connectivity index is 2.35. The Morgan fingerprint density at radius 1 is 1.50 bits per heavy atom. The van der Waals surface area contributed by atoms with Crippen LogP contribution < -0.4 is 10.9 Å². The number of nitrogens with one attached hydrogen (secondary N) is 2. The van der Waals surface area contributed by atoms with Crippen LogP contribution in [0.25, 0.3) is 0 Å². The molecule has 0 saturated carbocycles. The lowest BCUT2D eigenvalue weighted by atomic mass is 10.1. The molecule has 0 aromatic heterocycles. The van der Waals surface area contributed by atoms with Gasteiger partial charge in [0, 0.05) is 6.54 Å². The summed E-state index contributed by atoms with van der Waals surface area (Å²) in [6.07, 6.45) is 2.76. The van der Waals surface area contributed by atoms with Crippen LogP contribution in [0.5, 0.6) is 0 Å². The molecule has 0 spiro atoms. The molecular formula is C6H12N2O2. The van der Waals surface area contributed by atoms with E-state index in [-0.39, 0.29) is 0 Å². The van der Waals surface area contributed by atoms with Crippen molar-refractivity contribution in [2.75, 3.05) is 6.54 Å². The molecule has 0 aromatic carbocycles. The van der Waals surface area contributed by atoms with Gasteiger partial charge in [0.2, 0.25) is 0 Å². The molecule has 0 aromatic rings. The molecule has 1 heterocycles. The first kappa shape index (κ1) is 7.50. The predicted molar refractivity (Wildman–Crippen MR) is 36.4 cm³/mol. The van der Waals surface area contributed by atoms with E-state index < -0.39 is 12.0 Å². The zero-order valence-electron chi connectivity index (χ0n) is 5.76. The first-order valence-corrected chi connectivity index (χ1v) is 3.52. The minimum Gasteiger partial charge on any atom is -0.480 e. The summed E-state index contributed by atoms with van der Waals surface area (Å²) in [6, 6.07) is -0.400. The molecule has 3 N–H and O–H groups in total. The van der Waals surface area contributed by atoms with Crippen molar-refractivity contribution in [2.45, 2.75) is 25.3 Å². The van der Waals surface area contributed by atoms with Gasteiger partial charge >= 0.3 is 5.97 Å². The summed E-state index contributed by atoms with van der Waals surface area (Å²) < 4.78 is 0. The van der Waals surface area contributed by atoms with E-state index in [9.17, 15) is 4.79 Å². The third kappa shape index (κ3) is 1.97. The van der Waals surface area contributed by atoms with Crippen molar-refractivity contribution >= 4 is 5.97 Å². The summed E-state index contributed by atoms with van der Waals surface area (Å²) in [6.45, 7) is 0.865. The Bertz CT molecular complexity index is 119. The fourth-order valence-electron chi connectivity index (χ4n) is 1.01. The Hall–Kier alpha value is -0.610. The minimum atomic E-state index is -0.769. The molecule has 10 heavy (non-hydrogen) atoms. The molecule has 1 rings (SSSR count). The van der Waals surface area contributed by atoms with E-state index in [4.69, 9.17) is 5.11 Å². The van der Waals surface area contributed by atoms with Gasteiger partial charge in [-0.3, -0.25) is 10.2 Å². The van der Waals surface area contributed by atoms with Crippen molar-refractivity contribution in [2.24, 2.45) is 0 Å². The average Bonchev–Trinajstić information content (AvgIpc) is 2.12. The zero-order chi connectivity index (χ0) is 7.40. The fraction of sp³-hybridized carbons (Fsp3) is 0.833. The number of carbonyl (C=O) groups is 1. The van der Waals surface area contributed by atoms with Gasteiger partial charge in [0.25, 0.3) is 0 Å². The lowest BCUT2D eigenvalue weighted by molar-refractivity contribution is -0.139. The topological polar surface area (TPSA) is 61.4 Å². The molecule has 0 amide bonds. The Morgan fingerprint density at radius 3 is 3.00 bits per heavy atom. The highest BCUT2D eigenvalue weighted by atomic mass is 16.4. The van der Waals surface area contributed by atoms with E-state index in [1.807, 2.05) is 0 Å².